The molecule has 0 aliphatic rings. The van der Waals surface area contributed by atoms with Gasteiger partial charge in [0.2, 0.25) is 0 Å². The molecule has 1 aromatic carbocycles. The van der Waals surface area contributed by atoms with Gasteiger partial charge in [0.25, 0.3) is 0 Å². The second-order valence-corrected chi connectivity index (χ2v) is 5.59. The van der Waals surface area contributed by atoms with Crippen molar-refractivity contribution < 1.29 is 0 Å². The molecule has 0 heterocycles. The molecule has 0 atom stereocenters. The number of unbranched alkanes of at least 4 members (excludes halogenated alkanes) is 6. The number of hydrogen-bond acceptors (Lipinski definition) is 0. The lowest BCUT2D eigenvalue weighted by Gasteiger charge is -2.04. The minimum atomic E-state index is 1.16. The Bertz CT molecular complexity index is 321. The van der Waals surface area contributed by atoms with Gasteiger partial charge < -0.3 is 0 Å². The highest BCUT2D eigenvalue weighted by Gasteiger charge is 1.96. The van der Waals surface area contributed by atoms with Crippen molar-refractivity contribution in [2.75, 3.05) is 0 Å². The van der Waals surface area contributed by atoms with E-state index in [0.29, 0.717) is 0 Å². The monoisotopic (exact) mass is 270 g/mol. The van der Waals surface area contributed by atoms with Crippen LogP contribution in [0.4, 0.5) is 0 Å². The highest BCUT2D eigenvalue weighted by molar-refractivity contribution is 5.22. The molecule has 0 N–H and O–H groups in total. The van der Waals surface area contributed by atoms with Gasteiger partial charge in [-0.1, -0.05) is 49.3 Å². The van der Waals surface area contributed by atoms with Crippen molar-refractivity contribution in [3.05, 3.63) is 60.7 Å². The van der Waals surface area contributed by atoms with Crippen LogP contribution >= 0.6 is 0 Å². The minimum absolute atomic E-state index is 1.16. The zero-order valence-corrected chi connectivity index (χ0v) is 12.9. The Balaban J connectivity index is 2.15. The van der Waals surface area contributed by atoms with Gasteiger partial charge in [-0.05, 0) is 62.5 Å². The second kappa shape index (κ2) is 11.5. The van der Waals surface area contributed by atoms with E-state index in [1.807, 2.05) is 12.2 Å². The fourth-order valence-electron chi connectivity index (χ4n) is 2.46. The van der Waals surface area contributed by atoms with Crippen LogP contribution in [0.1, 0.15) is 62.5 Å². The maximum atomic E-state index is 3.76. The van der Waals surface area contributed by atoms with Crippen molar-refractivity contribution >= 4 is 0 Å². The van der Waals surface area contributed by atoms with Gasteiger partial charge in [0.05, 0.1) is 0 Å². The van der Waals surface area contributed by atoms with Crippen molar-refractivity contribution in [1.29, 1.82) is 0 Å². The molecule has 0 saturated heterocycles. The van der Waals surface area contributed by atoms with E-state index in [0.717, 1.165) is 12.8 Å². The van der Waals surface area contributed by atoms with E-state index in [4.69, 9.17) is 0 Å². The van der Waals surface area contributed by atoms with E-state index < -0.39 is 0 Å². The second-order valence-electron chi connectivity index (χ2n) is 5.59. The first-order chi connectivity index (χ1) is 9.86. The molecule has 0 aliphatic carbocycles. The van der Waals surface area contributed by atoms with E-state index in [1.165, 1.54) is 62.5 Å². The molecule has 20 heavy (non-hydrogen) atoms. The number of rotatable bonds is 12. The Labute approximate surface area is 125 Å². The smallest absolute Gasteiger partial charge is 0.0279 e. The van der Waals surface area contributed by atoms with Gasteiger partial charge in [0.15, 0.2) is 0 Å². The molecule has 1 rings (SSSR count). The first-order valence-electron chi connectivity index (χ1n) is 8.16. The standard InChI is InChI=1S/C20H30/c1-3-5-7-9-11-13-19-15-17-20(18-16-19)14-12-10-8-6-4-2/h3-4,15-18H,1-2,5-14H2. The summed E-state index contributed by atoms with van der Waals surface area (Å²) in [6.07, 6.45) is 16.6. The summed E-state index contributed by atoms with van der Waals surface area (Å²) < 4.78 is 0. The molecule has 0 spiro atoms. The number of benzene rings is 1. The van der Waals surface area contributed by atoms with E-state index in [-0.39, 0.29) is 0 Å². The molecule has 0 unspecified atom stereocenters. The lowest BCUT2D eigenvalue weighted by atomic mass is 10.0. The predicted molar refractivity (Wildman–Crippen MR) is 91.2 cm³/mol. The summed E-state index contributed by atoms with van der Waals surface area (Å²) in [6.45, 7) is 7.52. The molecule has 0 nitrogen and oxygen atoms in total. The molecular formula is C20H30. The van der Waals surface area contributed by atoms with Gasteiger partial charge in [-0.15, -0.1) is 13.2 Å². The minimum Gasteiger partial charge on any atom is -0.103 e. The normalized spacial score (nSPS) is 10.4. The van der Waals surface area contributed by atoms with Gasteiger partial charge in [0.1, 0.15) is 0 Å². The average Bonchev–Trinajstić information content (AvgIpc) is 2.48. The summed E-state index contributed by atoms with van der Waals surface area (Å²) in [5.74, 6) is 0. The summed E-state index contributed by atoms with van der Waals surface area (Å²) >= 11 is 0. The summed E-state index contributed by atoms with van der Waals surface area (Å²) in [5, 5.41) is 0. The number of allylic oxidation sites excluding steroid dienone is 2. The quantitative estimate of drug-likeness (QED) is 0.310. The molecule has 0 fully saturated rings. The summed E-state index contributed by atoms with van der Waals surface area (Å²) in [7, 11) is 0. The van der Waals surface area contributed by atoms with E-state index in [2.05, 4.69) is 37.4 Å². The van der Waals surface area contributed by atoms with Crippen molar-refractivity contribution in [3.8, 4) is 0 Å². The fraction of sp³-hybridized carbons (Fsp3) is 0.500. The molecule has 0 amide bonds. The Morgan fingerprint density at radius 3 is 1.35 bits per heavy atom. The molecule has 0 bridgehead atoms. The van der Waals surface area contributed by atoms with Crippen LogP contribution in [-0.4, -0.2) is 0 Å². The largest absolute Gasteiger partial charge is 0.103 e. The van der Waals surface area contributed by atoms with Crippen molar-refractivity contribution in [3.63, 3.8) is 0 Å². The van der Waals surface area contributed by atoms with E-state index in [1.54, 1.807) is 0 Å². The molecule has 0 heteroatoms. The Hall–Kier alpha value is -1.30. The summed E-state index contributed by atoms with van der Waals surface area (Å²) in [4.78, 5) is 0. The SMILES string of the molecule is C=CCCCCCc1ccc(CCCCCC=C)cc1. The fourth-order valence-corrected chi connectivity index (χ4v) is 2.46. The average molecular weight is 270 g/mol. The van der Waals surface area contributed by atoms with Crippen molar-refractivity contribution in [2.45, 2.75) is 64.2 Å². The Morgan fingerprint density at radius 2 is 1.00 bits per heavy atom. The van der Waals surface area contributed by atoms with E-state index >= 15 is 0 Å². The third-order valence-electron chi connectivity index (χ3n) is 3.77. The Kier molecular flexibility index (Phi) is 9.65. The lowest BCUT2D eigenvalue weighted by molar-refractivity contribution is 0.683. The zero-order valence-electron chi connectivity index (χ0n) is 12.9. The van der Waals surface area contributed by atoms with Crippen LogP contribution in [0, 0.1) is 0 Å². The maximum Gasteiger partial charge on any atom is -0.0279 e. The van der Waals surface area contributed by atoms with Crippen LogP contribution in [0.3, 0.4) is 0 Å². The molecule has 0 aromatic heterocycles. The predicted octanol–water partition coefficient (Wildman–Crippen LogP) is 6.26. The van der Waals surface area contributed by atoms with Crippen LogP contribution in [0.15, 0.2) is 49.6 Å². The third kappa shape index (κ3) is 7.99. The number of aryl methyl sites for hydroxylation is 2. The third-order valence-corrected chi connectivity index (χ3v) is 3.77. The van der Waals surface area contributed by atoms with Gasteiger partial charge in [-0.2, -0.15) is 0 Å². The van der Waals surface area contributed by atoms with Crippen LogP contribution < -0.4 is 0 Å². The van der Waals surface area contributed by atoms with Crippen LogP contribution in [0.5, 0.6) is 0 Å². The highest BCUT2D eigenvalue weighted by atomic mass is 14.0. The molecule has 0 aliphatic heterocycles. The lowest BCUT2D eigenvalue weighted by Crippen LogP contribution is -1.89. The molecule has 0 radical (unpaired) electrons. The summed E-state index contributed by atoms with van der Waals surface area (Å²) in [6, 6.07) is 9.25. The van der Waals surface area contributed by atoms with Crippen LogP contribution in [-0.2, 0) is 12.8 Å². The van der Waals surface area contributed by atoms with Crippen LogP contribution in [0.2, 0.25) is 0 Å². The molecule has 1 aromatic rings. The van der Waals surface area contributed by atoms with Crippen LogP contribution in [0.25, 0.3) is 0 Å². The maximum absolute atomic E-state index is 3.76. The van der Waals surface area contributed by atoms with Gasteiger partial charge in [-0.3, -0.25) is 0 Å². The van der Waals surface area contributed by atoms with Crippen molar-refractivity contribution in [1.82, 2.24) is 0 Å². The van der Waals surface area contributed by atoms with Gasteiger partial charge in [-0.25, -0.2) is 0 Å². The molecular weight excluding hydrogens is 240 g/mol. The first-order valence-corrected chi connectivity index (χ1v) is 8.16. The summed E-state index contributed by atoms with van der Waals surface area (Å²) in [5.41, 5.74) is 2.97. The topological polar surface area (TPSA) is 0 Å². The first kappa shape index (κ1) is 16.8. The van der Waals surface area contributed by atoms with Gasteiger partial charge >= 0.3 is 0 Å². The molecule has 110 valence electrons. The Morgan fingerprint density at radius 1 is 0.600 bits per heavy atom. The van der Waals surface area contributed by atoms with Crippen molar-refractivity contribution in [2.24, 2.45) is 0 Å². The molecule has 0 saturated carbocycles. The zero-order chi connectivity index (χ0) is 14.5. The van der Waals surface area contributed by atoms with Gasteiger partial charge in [0, 0.05) is 0 Å². The number of hydrogen-bond donors (Lipinski definition) is 0. The van der Waals surface area contributed by atoms with E-state index in [9.17, 15) is 0 Å². The highest BCUT2D eigenvalue weighted by Crippen LogP contribution is 2.12.